The molecule has 0 heterocycles. The molecule has 3 nitrogen and oxygen atoms in total. The van der Waals surface area contributed by atoms with E-state index >= 15 is 0 Å². The van der Waals surface area contributed by atoms with Gasteiger partial charge in [0.25, 0.3) is 0 Å². The van der Waals surface area contributed by atoms with Crippen LogP contribution in [0, 0.1) is 5.82 Å². The van der Waals surface area contributed by atoms with Gasteiger partial charge in [0.15, 0.2) is 0 Å². The first kappa shape index (κ1) is 20.7. The molecule has 3 rings (SSSR count). The molecular formula is C22H23ClFNO2. The van der Waals surface area contributed by atoms with Crippen molar-refractivity contribution in [2.75, 3.05) is 7.11 Å². The van der Waals surface area contributed by atoms with E-state index in [4.69, 9.17) is 9.47 Å². The smallest absolute Gasteiger partial charge is 0.124 e. The van der Waals surface area contributed by atoms with Crippen LogP contribution in [0.4, 0.5) is 4.39 Å². The third-order valence-electron chi connectivity index (χ3n) is 4.10. The van der Waals surface area contributed by atoms with Crippen molar-refractivity contribution in [2.45, 2.75) is 19.7 Å². The van der Waals surface area contributed by atoms with E-state index < -0.39 is 0 Å². The molecule has 0 aliphatic heterocycles. The number of halogens is 2. The van der Waals surface area contributed by atoms with Gasteiger partial charge in [0.2, 0.25) is 0 Å². The molecule has 0 saturated heterocycles. The molecule has 1 N–H and O–H groups in total. The van der Waals surface area contributed by atoms with Crippen LogP contribution in [0.25, 0.3) is 0 Å². The summed E-state index contributed by atoms with van der Waals surface area (Å²) in [5.74, 6) is 1.46. The molecule has 0 fully saturated rings. The highest BCUT2D eigenvalue weighted by molar-refractivity contribution is 5.85. The second-order valence-electron chi connectivity index (χ2n) is 5.94. The first-order valence-corrected chi connectivity index (χ1v) is 8.54. The number of hydrogen-bond acceptors (Lipinski definition) is 3. The summed E-state index contributed by atoms with van der Waals surface area (Å²) in [6, 6.07) is 22.2. The van der Waals surface area contributed by atoms with Crippen LogP contribution in [-0.2, 0) is 19.7 Å². The topological polar surface area (TPSA) is 30.5 Å². The Morgan fingerprint density at radius 1 is 0.778 bits per heavy atom. The van der Waals surface area contributed by atoms with Crippen molar-refractivity contribution in [3.63, 3.8) is 0 Å². The predicted molar refractivity (Wildman–Crippen MR) is 108 cm³/mol. The molecule has 0 aliphatic rings. The van der Waals surface area contributed by atoms with E-state index in [2.05, 4.69) is 5.32 Å². The minimum absolute atomic E-state index is 0. The normalized spacial score (nSPS) is 10.1. The lowest BCUT2D eigenvalue weighted by Gasteiger charge is -2.13. The average molecular weight is 388 g/mol. The average Bonchev–Trinajstić information content (AvgIpc) is 2.69. The molecular weight excluding hydrogens is 365 g/mol. The largest absolute Gasteiger partial charge is 0.496 e. The lowest BCUT2D eigenvalue weighted by Crippen LogP contribution is -2.14. The predicted octanol–water partition coefficient (Wildman–Crippen LogP) is 5.12. The molecule has 0 unspecified atom stereocenters. The minimum Gasteiger partial charge on any atom is -0.496 e. The molecule has 0 spiro atoms. The lowest BCUT2D eigenvalue weighted by atomic mass is 10.1. The van der Waals surface area contributed by atoms with Crippen molar-refractivity contribution in [1.29, 1.82) is 0 Å². The van der Waals surface area contributed by atoms with E-state index in [0.717, 1.165) is 28.2 Å². The van der Waals surface area contributed by atoms with Gasteiger partial charge in [0, 0.05) is 24.2 Å². The molecule has 0 radical (unpaired) electrons. The van der Waals surface area contributed by atoms with Crippen molar-refractivity contribution in [3.8, 4) is 11.5 Å². The summed E-state index contributed by atoms with van der Waals surface area (Å²) in [5.41, 5.74) is 3.12. The van der Waals surface area contributed by atoms with E-state index in [1.165, 1.54) is 12.1 Å². The Hall–Kier alpha value is -2.56. The third kappa shape index (κ3) is 5.98. The monoisotopic (exact) mass is 387 g/mol. The molecule has 3 aromatic carbocycles. The second kappa shape index (κ2) is 10.6. The van der Waals surface area contributed by atoms with Crippen LogP contribution in [-0.4, -0.2) is 7.11 Å². The number of ether oxygens (including phenoxy) is 2. The molecule has 5 heteroatoms. The van der Waals surface area contributed by atoms with Gasteiger partial charge in [0.1, 0.15) is 23.9 Å². The number of benzene rings is 3. The summed E-state index contributed by atoms with van der Waals surface area (Å²) in [6.45, 7) is 1.79. The van der Waals surface area contributed by atoms with Crippen LogP contribution in [0.1, 0.15) is 16.7 Å². The van der Waals surface area contributed by atoms with Gasteiger partial charge in [0.05, 0.1) is 7.11 Å². The number of para-hydroxylation sites is 2. The molecule has 0 atom stereocenters. The summed E-state index contributed by atoms with van der Waals surface area (Å²) in [7, 11) is 1.68. The zero-order chi connectivity index (χ0) is 18.2. The highest BCUT2D eigenvalue weighted by atomic mass is 35.5. The number of methoxy groups -OCH3 is 1. The lowest BCUT2D eigenvalue weighted by molar-refractivity contribution is 0.302. The summed E-state index contributed by atoms with van der Waals surface area (Å²) < 4.78 is 24.3. The highest BCUT2D eigenvalue weighted by Gasteiger charge is 2.05. The van der Waals surface area contributed by atoms with Gasteiger partial charge in [-0.1, -0.05) is 48.5 Å². The molecule has 27 heavy (non-hydrogen) atoms. The summed E-state index contributed by atoms with van der Waals surface area (Å²) in [5, 5.41) is 3.43. The van der Waals surface area contributed by atoms with E-state index in [1.807, 2.05) is 48.5 Å². The Morgan fingerprint density at radius 3 is 1.96 bits per heavy atom. The minimum atomic E-state index is -0.241. The maximum Gasteiger partial charge on any atom is 0.124 e. The zero-order valence-electron chi connectivity index (χ0n) is 15.2. The van der Waals surface area contributed by atoms with Gasteiger partial charge in [-0.15, -0.1) is 12.4 Å². The molecule has 0 aromatic heterocycles. The summed E-state index contributed by atoms with van der Waals surface area (Å²) >= 11 is 0. The Bertz CT molecular complexity index is 840. The maximum absolute atomic E-state index is 13.0. The summed E-state index contributed by atoms with van der Waals surface area (Å²) in [6.07, 6.45) is 0. The number of nitrogens with one attached hydrogen (secondary N) is 1. The molecule has 3 aromatic rings. The van der Waals surface area contributed by atoms with Gasteiger partial charge >= 0.3 is 0 Å². The fourth-order valence-electron chi connectivity index (χ4n) is 2.71. The van der Waals surface area contributed by atoms with Crippen molar-refractivity contribution < 1.29 is 13.9 Å². The van der Waals surface area contributed by atoms with E-state index in [9.17, 15) is 4.39 Å². The number of rotatable bonds is 8. The van der Waals surface area contributed by atoms with Crippen LogP contribution in [0.3, 0.4) is 0 Å². The van der Waals surface area contributed by atoms with E-state index in [0.29, 0.717) is 19.7 Å². The van der Waals surface area contributed by atoms with Gasteiger partial charge in [-0.05, 0) is 29.8 Å². The maximum atomic E-state index is 13.0. The second-order valence-corrected chi connectivity index (χ2v) is 5.94. The zero-order valence-corrected chi connectivity index (χ0v) is 16.0. The Labute approximate surface area is 165 Å². The fourth-order valence-corrected chi connectivity index (χ4v) is 2.71. The van der Waals surface area contributed by atoms with Gasteiger partial charge in [-0.2, -0.15) is 0 Å². The quantitative estimate of drug-likeness (QED) is 0.581. The molecule has 0 amide bonds. The van der Waals surface area contributed by atoms with Crippen LogP contribution < -0.4 is 14.8 Å². The Balaban J connectivity index is 0.00000261. The van der Waals surface area contributed by atoms with E-state index in [1.54, 1.807) is 19.2 Å². The molecule has 142 valence electrons. The van der Waals surface area contributed by atoms with Crippen LogP contribution in [0.5, 0.6) is 11.5 Å². The van der Waals surface area contributed by atoms with Crippen molar-refractivity contribution in [1.82, 2.24) is 5.32 Å². The summed E-state index contributed by atoms with van der Waals surface area (Å²) in [4.78, 5) is 0. The van der Waals surface area contributed by atoms with Crippen molar-refractivity contribution >= 4 is 12.4 Å². The Morgan fingerprint density at radius 2 is 1.33 bits per heavy atom. The van der Waals surface area contributed by atoms with Crippen LogP contribution >= 0.6 is 12.4 Å². The fraction of sp³-hybridized carbons (Fsp3) is 0.182. The van der Waals surface area contributed by atoms with Gasteiger partial charge in [-0.25, -0.2) is 4.39 Å². The van der Waals surface area contributed by atoms with Crippen molar-refractivity contribution in [3.05, 3.63) is 95.3 Å². The first-order chi connectivity index (χ1) is 12.8. The van der Waals surface area contributed by atoms with Crippen LogP contribution in [0.15, 0.2) is 72.8 Å². The number of hydrogen-bond donors (Lipinski definition) is 1. The van der Waals surface area contributed by atoms with Crippen molar-refractivity contribution in [2.24, 2.45) is 0 Å². The molecule has 0 saturated carbocycles. The first-order valence-electron chi connectivity index (χ1n) is 8.54. The molecule has 0 bridgehead atoms. The highest BCUT2D eigenvalue weighted by Crippen LogP contribution is 2.21. The standard InChI is InChI=1S/C22H22FNO2.ClH/c1-25-21-8-4-2-6-18(21)14-24-15-19-7-3-5-9-22(19)26-16-17-10-12-20(23)13-11-17;/h2-13,24H,14-16H2,1H3;1H. The van der Waals surface area contributed by atoms with Gasteiger partial charge < -0.3 is 14.8 Å². The van der Waals surface area contributed by atoms with Crippen LogP contribution in [0.2, 0.25) is 0 Å². The molecule has 0 aliphatic carbocycles. The third-order valence-corrected chi connectivity index (χ3v) is 4.10. The SMILES string of the molecule is COc1ccccc1CNCc1ccccc1OCc1ccc(F)cc1.Cl. The van der Waals surface area contributed by atoms with E-state index in [-0.39, 0.29) is 18.2 Å². The van der Waals surface area contributed by atoms with Gasteiger partial charge in [-0.3, -0.25) is 0 Å². The Kier molecular flexibility index (Phi) is 8.11.